The molecule has 0 heterocycles. The molecule has 0 bridgehead atoms. The Hall–Kier alpha value is -1.10. The van der Waals surface area contributed by atoms with Gasteiger partial charge in [0, 0.05) is 6.42 Å². The zero-order valence-corrected chi connectivity index (χ0v) is 13.7. The third-order valence-corrected chi connectivity index (χ3v) is 3.35. The largest absolute Gasteiger partial charge is 0.479 e. The second-order valence-corrected chi connectivity index (χ2v) is 5.33. The third kappa shape index (κ3) is 13.6. The number of carbonyl (C=O) groups is 2. The molecule has 0 aliphatic rings. The average Bonchev–Trinajstić information content (AvgIpc) is 2.42. The van der Waals surface area contributed by atoms with E-state index in [-0.39, 0.29) is 12.1 Å². The Labute approximate surface area is 129 Å². The molecule has 0 saturated carbocycles. The zero-order valence-electron chi connectivity index (χ0n) is 13.7. The molecule has 0 saturated heterocycles. The molecule has 0 amide bonds. The normalized spacial score (nSPS) is 11.5. The lowest BCUT2D eigenvalue weighted by molar-refractivity contribution is -0.164. The van der Waals surface area contributed by atoms with E-state index in [9.17, 15) is 9.59 Å². The Morgan fingerprint density at radius 3 is 1.95 bits per heavy atom. The summed E-state index contributed by atoms with van der Waals surface area (Å²) in [7, 11) is 0. The second kappa shape index (κ2) is 15.3. The van der Waals surface area contributed by atoms with Crippen molar-refractivity contribution < 1.29 is 19.4 Å². The maximum Gasteiger partial charge on any atom is 0.345 e. The highest BCUT2D eigenvalue weighted by Crippen LogP contribution is 2.11. The number of hydrogen-bond donors (Lipinski definition) is 2. The predicted octanol–water partition coefficient (Wildman–Crippen LogP) is 4.48. The molecule has 0 radical (unpaired) electrons. The van der Waals surface area contributed by atoms with E-state index >= 15 is 0 Å². The van der Waals surface area contributed by atoms with Crippen molar-refractivity contribution in [2.75, 3.05) is 0 Å². The van der Waals surface area contributed by atoms with Gasteiger partial charge < -0.3 is 16.0 Å². The van der Waals surface area contributed by atoms with Gasteiger partial charge in [-0.1, -0.05) is 58.8 Å². The predicted molar refractivity (Wildman–Crippen MR) is 84.7 cm³/mol. The summed E-state index contributed by atoms with van der Waals surface area (Å²) in [6.45, 7) is 4.17. The monoisotopic (exact) mass is 303 g/mol. The van der Waals surface area contributed by atoms with E-state index in [1.165, 1.54) is 25.7 Å². The molecule has 21 heavy (non-hydrogen) atoms. The number of esters is 1. The maximum absolute atomic E-state index is 11.6. The fraction of sp³-hybridized carbons (Fsp3) is 0.875. The van der Waals surface area contributed by atoms with Crippen LogP contribution < -0.4 is 6.15 Å². The first-order valence-electron chi connectivity index (χ1n) is 8.04. The van der Waals surface area contributed by atoms with Crippen molar-refractivity contribution in [1.82, 2.24) is 6.15 Å². The van der Waals surface area contributed by atoms with Crippen molar-refractivity contribution in [1.29, 1.82) is 0 Å². The minimum atomic E-state index is -1.04. The molecule has 0 aromatic rings. The van der Waals surface area contributed by atoms with Gasteiger partial charge in [-0.3, -0.25) is 4.79 Å². The van der Waals surface area contributed by atoms with Gasteiger partial charge in [-0.15, -0.1) is 0 Å². The molecular formula is C16H33NO4. The molecule has 0 aliphatic carbocycles. The average molecular weight is 303 g/mol. The first-order chi connectivity index (χ1) is 9.61. The van der Waals surface area contributed by atoms with Crippen molar-refractivity contribution in [3.8, 4) is 0 Å². The Balaban J connectivity index is 0. The quantitative estimate of drug-likeness (QED) is 0.386. The fourth-order valence-electron chi connectivity index (χ4n) is 2.07. The van der Waals surface area contributed by atoms with E-state index in [1.807, 2.05) is 6.92 Å². The number of carbonyl (C=O) groups excluding carboxylic acids is 1. The molecule has 0 spiro atoms. The Morgan fingerprint density at radius 1 is 0.905 bits per heavy atom. The minimum Gasteiger partial charge on any atom is -0.479 e. The van der Waals surface area contributed by atoms with Crippen LogP contribution in [0.15, 0.2) is 0 Å². The molecule has 126 valence electrons. The summed E-state index contributed by atoms with van der Waals surface area (Å²) in [4.78, 5) is 22.5. The van der Waals surface area contributed by atoms with Gasteiger partial charge in [0.2, 0.25) is 0 Å². The van der Waals surface area contributed by atoms with Crippen LogP contribution >= 0.6 is 0 Å². The summed E-state index contributed by atoms with van der Waals surface area (Å²) in [5.74, 6) is -1.41. The zero-order chi connectivity index (χ0) is 15.2. The first kappa shape index (κ1) is 22.2. The van der Waals surface area contributed by atoms with Crippen LogP contribution in [0, 0.1) is 0 Å². The van der Waals surface area contributed by atoms with Crippen LogP contribution in [0.2, 0.25) is 0 Å². The summed E-state index contributed by atoms with van der Waals surface area (Å²) in [5.41, 5.74) is 0. The highest BCUT2D eigenvalue weighted by Gasteiger charge is 2.20. The molecule has 0 fully saturated rings. The van der Waals surface area contributed by atoms with Gasteiger partial charge >= 0.3 is 11.9 Å². The van der Waals surface area contributed by atoms with E-state index < -0.39 is 12.1 Å². The second-order valence-electron chi connectivity index (χ2n) is 5.33. The van der Waals surface area contributed by atoms with Gasteiger partial charge in [0.1, 0.15) is 0 Å². The fourth-order valence-corrected chi connectivity index (χ4v) is 2.07. The van der Waals surface area contributed by atoms with Crippen molar-refractivity contribution >= 4 is 11.9 Å². The van der Waals surface area contributed by atoms with Gasteiger partial charge in [0.25, 0.3) is 0 Å². The summed E-state index contributed by atoms with van der Waals surface area (Å²) in [6.07, 6.45) is 9.41. The van der Waals surface area contributed by atoms with Gasteiger partial charge in [0.05, 0.1) is 0 Å². The third-order valence-electron chi connectivity index (χ3n) is 3.35. The summed E-state index contributed by atoms with van der Waals surface area (Å²) in [6, 6.07) is 0. The molecule has 0 aromatic carbocycles. The van der Waals surface area contributed by atoms with Crippen LogP contribution in [0.4, 0.5) is 0 Å². The number of aliphatic carboxylic acids is 1. The van der Waals surface area contributed by atoms with Gasteiger partial charge in [-0.25, -0.2) is 4.79 Å². The number of ether oxygens (including phenoxy) is 1. The molecule has 1 unspecified atom stereocenters. The lowest BCUT2D eigenvalue weighted by Gasteiger charge is -2.13. The van der Waals surface area contributed by atoms with Crippen LogP contribution in [0.25, 0.3) is 0 Å². The lowest BCUT2D eigenvalue weighted by atomic mass is 10.1. The van der Waals surface area contributed by atoms with Crippen molar-refractivity contribution in [3.05, 3.63) is 0 Å². The van der Waals surface area contributed by atoms with Crippen LogP contribution in [0.5, 0.6) is 0 Å². The molecule has 0 aliphatic heterocycles. The molecule has 1 atom stereocenters. The van der Waals surface area contributed by atoms with Crippen LogP contribution in [-0.4, -0.2) is 23.1 Å². The van der Waals surface area contributed by atoms with E-state index in [4.69, 9.17) is 9.84 Å². The number of carboxylic acid groups (broad SMARTS) is 1. The summed E-state index contributed by atoms with van der Waals surface area (Å²) >= 11 is 0. The number of carboxylic acids is 1. The number of hydrogen-bond acceptors (Lipinski definition) is 4. The summed E-state index contributed by atoms with van der Waals surface area (Å²) < 4.78 is 5.02. The summed E-state index contributed by atoms with van der Waals surface area (Å²) in [5, 5.41) is 8.96. The highest BCUT2D eigenvalue weighted by molar-refractivity contribution is 5.77. The Morgan fingerprint density at radius 2 is 1.43 bits per heavy atom. The SMILES string of the molecule is CCCCCCCCCC(=O)OC(CCCC)C(=O)O.N. The molecule has 5 nitrogen and oxygen atoms in total. The smallest absolute Gasteiger partial charge is 0.345 e. The number of unbranched alkanes of at least 4 members (excludes halogenated alkanes) is 7. The molecule has 0 rings (SSSR count). The minimum absolute atomic E-state index is 0. The van der Waals surface area contributed by atoms with E-state index in [0.717, 1.165) is 32.1 Å². The van der Waals surface area contributed by atoms with Crippen molar-refractivity contribution in [3.63, 3.8) is 0 Å². The molecular weight excluding hydrogens is 270 g/mol. The van der Waals surface area contributed by atoms with Crippen molar-refractivity contribution in [2.24, 2.45) is 0 Å². The van der Waals surface area contributed by atoms with Gasteiger partial charge in [0.15, 0.2) is 6.10 Å². The highest BCUT2D eigenvalue weighted by atomic mass is 16.6. The van der Waals surface area contributed by atoms with Crippen LogP contribution in [0.1, 0.15) is 84.5 Å². The van der Waals surface area contributed by atoms with E-state index in [0.29, 0.717) is 12.8 Å². The Kier molecular flexibility index (Phi) is 16.2. The van der Waals surface area contributed by atoms with Gasteiger partial charge in [-0.2, -0.15) is 0 Å². The molecule has 5 heteroatoms. The molecule has 0 aromatic heterocycles. The van der Waals surface area contributed by atoms with E-state index in [2.05, 4.69) is 6.92 Å². The first-order valence-corrected chi connectivity index (χ1v) is 8.04. The van der Waals surface area contributed by atoms with Crippen LogP contribution in [0.3, 0.4) is 0 Å². The van der Waals surface area contributed by atoms with Gasteiger partial charge in [-0.05, 0) is 19.3 Å². The Bertz CT molecular complexity index is 269. The topological polar surface area (TPSA) is 98.6 Å². The molecule has 4 N–H and O–H groups in total. The lowest BCUT2D eigenvalue weighted by Crippen LogP contribution is -2.26. The van der Waals surface area contributed by atoms with Crippen molar-refractivity contribution in [2.45, 2.75) is 90.6 Å². The van der Waals surface area contributed by atoms with E-state index in [1.54, 1.807) is 0 Å². The maximum atomic E-state index is 11.6. The standard InChI is InChI=1S/C16H30O4.H3N/c1-3-5-7-8-9-10-11-13-15(17)20-14(16(18)19)12-6-4-2;/h14H,3-13H2,1-2H3,(H,18,19);1H3. The number of rotatable bonds is 13. The van der Waals surface area contributed by atoms with Crippen LogP contribution in [-0.2, 0) is 14.3 Å².